The van der Waals surface area contributed by atoms with Crippen molar-refractivity contribution in [3.05, 3.63) is 129 Å². The molecule has 536 valence electrons. The Kier molecular flexibility index (Phi) is 23.3. The fourth-order valence-corrected chi connectivity index (χ4v) is 16.4. The van der Waals surface area contributed by atoms with Crippen molar-refractivity contribution >= 4 is 81.8 Å². The zero-order valence-corrected chi connectivity index (χ0v) is 63.2. The van der Waals surface area contributed by atoms with Gasteiger partial charge in [-0.3, -0.25) is 63.5 Å². The van der Waals surface area contributed by atoms with E-state index in [0.717, 1.165) is 52.4 Å². The number of hydrogen-bond acceptors (Lipinski definition) is 14. The largest absolute Gasteiger partial charge is 0.490 e. The van der Waals surface area contributed by atoms with Crippen LogP contribution in [0.15, 0.2) is 76.7 Å². The van der Waals surface area contributed by atoms with Gasteiger partial charge in [-0.15, -0.1) is 0 Å². The Morgan fingerprint density at radius 3 is 1.30 bits per heavy atom. The van der Waals surface area contributed by atoms with Crippen LogP contribution in [0.1, 0.15) is 241 Å². The van der Waals surface area contributed by atoms with Crippen LogP contribution in [-0.4, -0.2) is 145 Å². The molecule has 13 rings (SSSR count). The molecule has 0 spiro atoms. The summed E-state index contributed by atoms with van der Waals surface area (Å²) in [6, 6.07) is 15.9. The summed E-state index contributed by atoms with van der Waals surface area (Å²) in [4.78, 5) is 113. The van der Waals surface area contributed by atoms with Crippen LogP contribution in [-0.2, 0) is 78.1 Å². The Bertz CT molecular complexity index is 3730. The van der Waals surface area contributed by atoms with Crippen LogP contribution in [0.2, 0.25) is 0 Å². The van der Waals surface area contributed by atoms with Gasteiger partial charge in [0.05, 0.1) is 19.7 Å². The first-order valence-corrected chi connectivity index (χ1v) is 34.2. The molecule has 6 N–H and O–H groups in total. The molecular formula is C74H101BBrFN9O11Pd-. The Morgan fingerprint density at radius 1 is 0.510 bits per heavy atom. The van der Waals surface area contributed by atoms with Gasteiger partial charge in [0.25, 0.3) is 17.7 Å². The number of nitrogens with one attached hydrogen (secondary N) is 6. The number of nitrogens with zero attached hydrogens (tertiary/aromatic N) is 3. The molecule has 10 aliphatic heterocycles. The minimum Gasteiger partial charge on any atom is -0.400 e. The second-order valence-electron chi connectivity index (χ2n) is 32.1. The Morgan fingerprint density at radius 2 is 0.888 bits per heavy atom. The second-order valence-corrected chi connectivity index (χ2v) is 33.0. The molecule has 0 bridgehead atoms. The van der Waals surface area contributed by atoms with Crippen LogP contribution in [0.25, 0.3) is 5.57 Å². The first-order valence-electron chi connectivity index (χ1n) is 34.1. The number of hydrogen-bond donors (Lipinski definition) is 6. The topological polar surface area (TPSA) is 254 Å². The molecule has 3 unspecified atom stereocenters. The number of amides is 9. The summed E-state index contributed by atoms with van der Waals surface area (Å²) in [5, 5.41) is 18.0. The van der Waals surface area contributed by atoms with E-state index in [1.807, 2.05) is 30.3 Å². The van der Waals surface area contributed by atoms with Crippen molar-refractivity contribution in [3.63, 3.8) is 0 Å². The molecule has 9 amide bonds. The Balaban J connectivity index is 0.000000185. The first kappa shape index (κ1) is 77.6. The molecule has 0 radical (unpaired) electrons. The summed E-state index contributed by atoms with van der Waals surface area (Å²) in [6.07, 6.45) is 10.5. The normalized spacial score (nSPS) is 25.7. The third-order valence-electron chi connectivity index (χ3n) is 19.8. The summed E-state index contributed by atoms with van der Waals surface area (Å²) >= 11 is 3.37. The van der Waals surface area contributed by atoms with Crippen molar-refractivity contribution in [3.8, 4) is 0 Å². The molecule has 0 aliphatic carbocycles. The quantitative estimate of drug-likeness (QED) is 0.0763. The van der Waals surface area contributed by atoms with Gasteiger partial charge in [-0.25, -0.2) is 0 Å². The molecular weight excluding hydrogens is 1410 g/mol. The zero-order chi connectivity index (χ0) is 71.5. The maximum Gasteiger partial charge on any atom is 0.490 e. The van der Waals surface area contributed by atoms with Gasteiger partial charge in [-0.1, -0.05) is 46.3 Å². The van der Waals surface area contributed by atoms with Crippen molar-refractivity contribution in [2.45, 2.75) is 263 Å². The molecule has 3 aromatic carbocycles. The van der Waals surface area contributed by atoms with Crippen LogP contribution in [0, 0.1) is 7.43 Å². The summed E-state index contributed by atoms with van der Waals surface area (Å²) in [5.74, 6) is -1.86. The van der Waals surface area contributed by atoms with E-state index in [4.69, 9.17) is 10.7 Å². The van der Waals surface area contributed by atoms with Gasteiger partial charge in [0.15, 0.2) is 0 Å². The average molecular weight is 1510 g/mol. The second kappa shape index (κ2) is 29.5. The van der Waals surface area contributed by atoms with E-state index in [1.165, 1.54) is 16.6 Å². The van der Waals surface area contributed by atoms with Gasteiger partial charge in [0.1, 0.15) is 18.1 Å². The third-order valence-corrected chi connectivity index (χ3v) is 20.3. The molecule has 98 heavy (non-hydrogen) atoms. The van der Waals surface area contributed by atoms with Gasteiger partial charge in [-0.05, 0) is 237 Å². The number of benzene rings is 3. The van der Waals surface area contributed by atoms with E-state index >= 15 is 0 Å². The van der Waals surface area contributed by atoms with Crippen molar-refractivity contribution in [2.75, 3.05) is 7.15 Å². The molecule has 10 aliphatic rings. The summed E-state index contributed by atoms with van der Waals surface area (Å²) < 4.78 is 28.8. The summed E-state index contributed by atoms with van der Waals surface area (Å²) in [5.41, 5.74) is 9.22. The van der Waals surface area contributed by atoms with Crippen molar-refractivity contribution < 1.29 is 78.6 Å². The summed E-state index contributed by atoms with van der Waals surface area (Å²) in [6.45, 7) is 36.2. The predicted octanol–water partition coefficient (Wildman–Crippen LogP) is 10.2. The fourth-order valence-electron chi connectivity index (χ4n) is 15.9. The summed E-state index contributed by atoms with van der Waals surface area (Å²) in [7, 11) is -1.22. The van der Waals surface area contributed by atoms with Crippen LogP contribution in [0.4, 0.5) is 4.39 Å². The minimum atomic E-state index is -1.00. The number of carbonyl (C=O) groups excluding carboxylic acids is 9. The molecule has 3 aromatic rings. The van der Waals surface area contributed by atoms with E-state index in [1.54, 1.807) is 20.8 Å². The molecule has 24 heteroatoms. The van der Waals surface area contributed by atoms with Crippen molar-refractivity contribution in [2.24, 2.45) is 0 Å². The van der Waals surface area contributed by atoms with Crippen LogP contribution in [0.5, 0.6) is 0 Å². The van der Waals surface area contributed by atoms with Gasteiger partial charge < -0.3 is 47.4 Å². The van der Waals surface area contributed by atoms with Crippen molar-refractivity contribution in [1.29, 1.82) is 0 Å². The maximum atomic E-state index is 12.9. The Hall–Kier alpha value is -6.09. The number of imide groups is 3. The van der Waals surface area contributed by atoms with Gasteiger partial charge in [-0.2, -0.15) is 0 Å². The number of fused-ring (bicyclic) bond motifs is 3. The molecule has 5 saturated heterocycles. The van der Waals surface area contributed by atoms with E-state index in [2.05, 4.69) is 189 Å². The monoisotopic (exact) mass is 1510 g/mol. The molecule has 10 heterocycles. The fraction of sp³-hybridized carbons (Fsp3) is 0.568. The van der Waals surface area contributed by atoms with Crippen LogP contribution in [0.3, 0.4) is 0 Å². The first-order chi connectivity index (χ1) is 44.9. The molecule has 0 aromatic heterocycles. The van der Waals surface area contributed by atoms with Crippen LogP contribution >= 0.6 is 15.9 Å². The average Bonchev–Trinajstić information content (AvgIpc) is 1.69. The Labute approximate surface area is 602 Å². The third kappa shape index (κ3) is 18.0. The van der Waals surface area contributed by atoms with E-state index < -0.39 is 25.3 Å². The number of alkyl halides is 1. The van der Waals surface area contributed by atoms with E-state index in [9.17, 15) is 47.5 Å². The zero-order valence-electron chi connectivity index (χ0n) is 61.0. The molecule has 0 saturated carbocycles. The number of rotatable bonds is 6. The predicted molar refractivity (Wildman–Crippen MR) is 376 cm³/mol. The molecule has 20 nitrogen and oxygen atoms in total. The minimum absolute atomic E-state index is 0. The molecule has 5 fully saturated rings. The number of piperidine rings is 4. The van der Waals surface area contributed by atoms with Gasteiger partial charge in [0.2, 0.25) is 35.4 Å². The standard InChI is InChI=1S/C22H29N3O3.C22H27N3O3.C15H28BNO2.C13H11BrN2O3.CH3F.CH3.Pd/c2*1-21(2)10-15(11-22(3,4)24-21)13-5-6-16-14(9-13)12-25(20(16)28)17-7-8-18(26)23-19(17)27;1-12(2)9-11(10-13(3,4)17-12)16-18-14(5,6)15(7,8)19-16;14-8-1-2-9-7(5-8)6-16(13(9)19)10-3-4-11(17)15-12(10)18;1-2;;/h5-6,9,15,17,24H,7-8,10-12H2,1-4H3,(H,23,26,27);5-6,9-10,17,24H,7-8,11-12H2,1-4H3,(H,23,26,27);9,17H,10H2,1-8H3;1-2,5,10H,3-4,6H2,(H,15,17,18);1H3;1H3;/q;;;;;-1;/i;;;;1D;;. The van der Waals surface area contributed by atoms with Crippen molar-refractivity contribution in [1.82, 2.24) is 46.6 Å². The smallest absolute Gasteiger partial charge is 0.400 e. The number of halogens is 2. The van der Waals surface area contributed by atoms with E-state index in [-0.39, 0.29) is 152 Å². The van der Waals surface area contributed by atoms with E-state index in [0.29, 0.717) is 61.5 Å². The number of carbonyl (C=O) groups is 9. The van der Waals surface area contributed by atoms with Gasteiger partial charge in [0, 0.05) is 114 Å². The SMILES string of the molecule is CC1(C)C=C(B2OC(C)(C)C(C)(C)O2)CC(C)(C)N1.CC1(C)C=C(c2ccc3c(c2)CN(C2CCC(=O)NC2=O)C3=O)CC(C)(C)N1.CC1(C)CC(c2ccc3c(c2)CN(C2CCC(=O)NC2=O)C3=O)CC(C)(C)N1.O=C1CCC(N2Cc3cc(Br)ccc3C2=O)C(=O)N1.[2H]CF.[CH3-].[Pd]. The molecule has 3 atom stereocenters. The van der Waals surface area contributed by atoms with Gasteiger partial charge >= 0.3 is 7.12 Å². The van der Waals surface area contributed by atoms with Crippen LogP contribution < -0.4 is 31.9 Å². The maximum absolute atomic E-state index is 12.9.